The summed E-state index contributed by atoms with van der Waals surface area (Å²) >= 11 is 0. The first-order valence-electron chi connectivity index (χ1n) is 13.8. The molecule has 0 unspecified atom stereocenters. The van der Waals surface area contributed by atoms with Gasteiger partial charge < -0.3 is 19.0 Å². The molecule has 1 aromatic heterocycles. The van der Waals surface area contributed by atoms with E-state index in [1.807, 2.05) is 6.92 Å². The second-order valence-electron chi connectivity index (χ2n) is 10.6. The van der Waals surface area contributed by atoms with E-state index in [-0.39, 0.29) is 12.0 Å². The number of furan rings is 1. The van der Waals surface area contributed by atoms with Crippen LogP contribution in [0.1, 0.15) is 69.0 Å². The van der Waals surface area contributed by atoms with Crippen molar-refractivity contribution in [3.63, 3.8) is 0 Å². The van der Waals surface area contributed by atoms with E-state index < -0.39 is 0 Å². The van der Waals surface area contributed by atoms with E-state index in [9.17, 15) is 4.79 Å². The Morgan fingerprint density at radius 3 is 2.40 bits per heavy atom. The molecule has 0 radical (unpaired) electrons. The second-order valence-corrected chi connectivity index (χ2v) is 10.6. The van der Waals surface area contributed by atoms with Gasteiger partial charge in [0.2, 0.25) is 5.91 Å². The standard InChI is InChI=1S/C30H44N2O3/c1-4-32(30(33)27-15-20-34-21-16-27)28(22-25-8-6-5-7-9-25)26-13-18-31(19-14-26)17-12-23(2)29-11-10-24(3)35-29/h5-11,23,26-28H,4,12-22H2,1-3H3/t23-,28+/m0/s1. The van der Waals surface area contributed by atoms with Crippen LogP contribution in [-0.2, 0) is 16.0 Å². The summed E-state index contributed by atoms with van der Waals surface area (Å²) in [6.45, 7) is 12.0. The number of aryl methyl sites for hydroxylation is 1. The van der Waals surface area contributed by atoms with Crippen LogP contribution in [0, 0.1) is 18.8 Å². The lowest BCUT2D eigenvalue weighted by Gasteiger charge is -2.42. The summed E-state index contributed by atoms with van der Waals surface area (Å²) in [6.07, 6.45) is 6.10. The Labute approximate surface area is 211 Å². The predicted molar refractivity (Wildman–Crippen MR) is 141 cm³/mol. The molecule has 0 N–H and O–H groups in total. The van der Waals surface area contributed by atoms with Crippen molar-refractivity contribution < 1.29 is 13.9 Å². The van der Waals surface area contributed by atoms with Gasteiger partial charge in [-0.1, -0.05) is 37.3 Å². The molecule has 1 amide bonds. The van der Waals surface area contributed by atoms with Crippen molar-refractivity contribution in [2.45, 2.75) is 71.3 Å². The minimum atomic E-state index is 0.119. The molecule has 2 fully saturated rings. The van der Waals surface area contributed by atoms with Gasteiger partial charge in [0, 0.05) is 37.6 Å². The van der Waals surface area contributed by atoms with E-state index in [2.05, 4.69) is 66.1 Å². The first-order chi connectivity index (χ1) is 17.0. The molecule has 3 heterocycles. The molecule has 2 saturated heterocycles. The molecule has 2 aromatic rings. The summed E-state index contributed by atoms with van der Waals surface area (Å²) in [5, 5.41) is 0. The summed E-state index contributed by atoms with van der Waals surface area (Å²) in [5.74, 6) is 3.55. The number of nitrogens with zero attached hydrogens (tertiary/aromatic N) is 2. The third kappa shape index (κ3) is 6.98. The van der Waals surface area contributed by atoms with Crippen LogP contribution in [0.5, 0.6) is 0 Å². The van der Waals surface area contributed by atoms with E-state index >= 15 is 0 Å². The van der Waals surface area contributed by atoms with Crippen molar-refractivity contribution in [2.24, 2.45) is 11.8 Å². The van der Waals surface area contributed by atoms with Gasteiger partial charge in [-0.05, 0) is 95.6 Å². The Morgan fingerprint density at radius 1 is 1.06 bits per heavy atom. The van der Waals surface area contributed by atoms with Gasteiger partial charge in [0.15, 0.2) is 0 Å². The minimum Gasteiger partial charge on any atom is -0.466 e. The van der Waals surface area contributed by atoms with Crippen molar-refractivity contribution in [3.8, 4) is 0 Å². The normalized spacial score (nSPS) is 20.0. The quantitative estimate of drug-likeness (QED) is 0.439. The monoisotopic (exact) mass is 480 g/mol. The highest BCUT2D eigenvalue weighted by Crippen LogP contribution is 2.30. The van der Waals surface area contributed by atoms with E-state index in [4.69, 9.17) is 9.15 Å². The molecular formula is C30H44N2O3. The summed E-state index contributed by atoms with van der Waals surface area (Å²) in [4.78, 5) is 18.5. The number of hydrogen-bond donors (Lipinski definition) is 0. The third-order valence-electron chi connectivity index (χ3n) is 8.18. The number of carbonyl (C=O) groups is 1. The number of piperidine rings is 1. The Balaban J connectivity index is 1.38. The molecule has 1 aromatic carbocycles. The zero-order valence-electron chi connectivity index (χ0n) is 22.0. The lowest BCUT2D eigenvalue weighted by molar-refractivity contribution is -0.142. The van der Waals surface area contributed by atoms with Crippen LogP contribution in [0.2, 0.25) is 0 Å². The van der Waals surface area contributed by atoms with Crippen LogP contribution in [0.25, 0.3) is 0 Å². The van der Waals surface area contributed by atoms with Gasteiger partial charge in [0.1, 0.15) is 11.5 Å². The lowest BCUT2D eigenvalue weighted by atomic mass is 9.83. The molecule has 5 heteroatoms. The smallest absolute Gasteiger partial charge is 0.226 e. The zero-order valence-corrected chi connectivity index (χ0v) is 22.0. The van der Waals surface area contributed by atoms with Crippen molar-refractivity contribution in [3.05, 3.63) is 59.5 Å². The van der Waals surface area contributed by atoms with Crippen LogP contribution in [0.3, 0.4) is 0 Å². The fraction of sp³-hybridized carbons (Fsp3) is 0.633. The largest absolute Gasteiger partial charge is 0.466 e. The summed E-state index contributed by atoms with van der Waals surface area (Å²) < 4.78 is 11.4. The molecule has 192 valence electrons. The molecular weight excluding hydrogens is 436 g/mol. The molecule has 5 nitrogen and oxygen atoms in total. The summed E-state index contributed by atoms with van der Waals surface area (Å²) in [7, 11) is 0. The minimum absolute atomic E-state index is 0.119. The van der Waals surface area contributed by atoms with Crippen LogP contribution in [0.4, 0.5) is 0 Å². The van der Waals surface area contributed by atoms with E-state index in [1.54, 1.807) is 0 Å². The predicted octanol–water partition coefficient (Wildman–Crippen LogP) is 5.68. The summed E-state index contributed by atoms with van der Waals surface area (Å²) in [6, 6.07) is 15.2. The molecule has 35 heavy (non-hydrogen) atoms. The Bertz CT molecular complexity index is 897. The fourth-order valence-electron chi connectivity index (χ4n) is 5.92. The van der Waals surface area contributed by atoms with Gasteiger partial charge in [0.25, 0.3) is 0 Å². The molecule has 4 rings (SSSR count). The van der Waals surface area contributed by atoms with Crippen molar-refractivity contribution in [2.75, 3.05) is 39.4 Å². The average molecular weight is 481 g/mol. The maximum absolute atomic E-state index is 13.6. The van der Waals surface area contributed by atoms with E-state index in [1.165, 1.54) is 5.56 Å². The van der Waals surface area contributed by atoms with Gasteiger partial charge in [0.05, 0.1) is 0 Å². The molecule has 2 aliphatic rings. The van der Waals surface area contributed by atoms with E-state index in [0.717, 1.165) is 76.2 Å². The van der Waals surface area contributed by atoms with Crippen molar-refractivity contribution >= 4 is 5.91 Å². The topological polar surface area (TPSA) is 45.9 Å². The number of hydrogen-bond acceptors (Lipinski definition) is 4. The highest BCUT2D eigenvalue weighted by atomic mass is 16.5. The number of likely N-dealkylation sites (N-methyl/N-ethyl adjacent to an activating group) is 1. The van der Waals surface area contributed by atoms with Gasteiger partial charge in [-0.25, -0.2) is 0 Å². The average Bonchev–Trinajstić information content (AvgIpc) is 3.35. The first-order valence-corrected chi connectivity index (χ1v) is 13.8. The maximum atomic E-state index is 13.6. The van der Waals surface area contributed by atoms with Crippen LogP contribution in [0.15, 0.2) is 46.9 Å². The molecule has 0 spiro atoms. The van der Waals surface area contributed by atoms with Gasteiger partial charge >= 0.3 is 0 Å². The van der Waals surface area contributed by atoms with E-state index in [0.29, 0.717) is 31.0 Å². The Kier molecular flexibility index (Phi) is 9.45. The fourth-order valence-corrected chi connectivity index (χ4v) is 5.92. The molecule has 2 aliphatic heterocycles. The van der Waals surface area contributed by atoms with Crippen LogP contribution in [-0.4, -0.2) is 61.1 Å². The first kappa shape index (κ1) is 26.0. The van der Waals surface area contributed by atoms with Crippen molar-refractivity contribution in [1.82, 2.24) is 9.80 Å². The van der Waals surface area contributed by atoms with Crippen molar-refractivity contribution in [1.29, 1.82) is 0 Å². The highest BCUT2D eigenvalue weighted by molar-refractivity contribution is 5.79. The van der Waals surface area contributed by atoms with Crippen LogP contribution < -0.4 is 0 Å². The van der Waals surface area contributed by atoms with Gasteiger partial charge in [-0.2, -0.15) is 0 Å². The number of likely N-dealkylation sites (tertiary alicyclic amines) is 1. The third-order valence-corrected chi connectivity index (χ3v) is 8.18. The lowest BCUT2D eigenvalue weighted by Crippen LogP contribution is -2.51. The Hall–Kier alpha value is -2.11. The Morgan fingerprint density at radius 2 is 1.77 bits per heavy atom. The summed E-state index contributed by atoms with van der Waals surface area (Å²) in [5.41, 5.74) is 1.33. The molecule has 0 aliphatic carbocycles. The number of carbonyl (C=O) groups excluding carboxylic acids is 1. The zero-order chi connectivity index (χ0) is 24.6. The molecule has 0 bridgehead atoms. The van der Waals surface area contributed by atoms with Gasteiger partial charge in [-0.3, -0.25) is 4.79 Å². The second kappa shape index (κ2) is 12.7. The maximum Gasteiger partial charge on any atom is 0.226 e. The number of rotatable bonds is 10. The number of ether oxygens (including phenoxy) is 1. The molecule has 0 saturated carbocycles. The molecule has 2 atom stereocenters. The number of benzene rings is 1. The number of amides is 1. The van der Waals surface area contributed by atoms with Gasteiger partial charge in [-0.15, -0.1) is 0 Å². The highest BCUT2D eigenvalue weighted by Gasteiger charge is 2.35. The SMILES string of the molecule is CCN(C(=O)C1CCOCC1)[C@H](Cc1ccccc1)C1CCN(CC[C@H](C)c2ccc(C)o2)CC1. The van der Waals surface area contributed by atoms with Crippen LogP contribution >= 0.6 is 0 Å².